The molecule has 1 atom stereocenters. The van der Waals surface area contributed by atoms with Crippen LogP contribution in [0, 0.1) is 0 Å². The average molecular weight is 359 g/mol. The number of benzene rings is 1. The highest BCUT2D eigenvalue weighted by molar-refractivity contribution is 7.99. The molecule has 0 radical (unpaired) electrons. The van der Waals surface area contributed by atoms with E-state index in [0.717, 1.165) is 21.5 Å². The third-order valence-electron chi connectivity index (χ3n) is 3.78. The van der Waals surface area contributed by atoms with Gasteiger partial charge in [0.2, 0.25) is 5.91 Å². The quantitative estimate of drug-likeness (QED) is 0.847. The molecule has 1 aliphatic heterocycles. The lowest BCUT2D eigenvalue weighted by atomic mass is 10.1. The van der Waals surface area contributed by atoms with Gasteiger partial charge in [0, 0.05) is 29.3 Å². The molecule has 1 unspecified atom stereocenters. The number of anilines is 1. The minimum Gasteiger partial charge on any atom is -0.444 e. The van der Waals surface area contributed by atoms with Crippen molar-refractivity contribution in [2.75, 3.05) is 17.7 Å². The van der Waals surface area contributed by atoms with E-state index in [0.29, 0.717) is 5.75 Å². The van der Waals surface area contributed by atoms with Gasteiger partial charge in [0.15, 0.2) is 0 Å². The number of carbonyl (C=O) groups excluding carboxylic acids is 2. The number of fused-ring (bicyclic) bond motifs is 3. The first kappa shape index (κ1) is 17.5. The maximum atomic E-state index is 12.9. The number of aromatic nitrogens is 1. The fourth-order valence-corrected chi connectivity index (χ4v) is 3.84. The SMILES string of the molecule is CN1C(=O)C(NC(=O)OC(C)(C)C)CSc2ccc3ncccc3c21. The molecule has 0 bridgehead atoms. The number of pyridine rings is 1. The van der Waals surface area contributed by atoms with Gasteiger partial charge in [0.05, 0.1) is 11.2 Å². The van der Waals surface area contributed by atoms with Crippen LogP contribution in [-0.2, 0) is 9.53 Å². The predicted molar refractivity (Wildman–Crippen MR) is 99.0 cm³/mol. The largest absolute Gasteiger partial charge is 0.444 e. The van der Waals surface area contributed by atoms with Crippen molar-refractivity contribution in [2.45, 2.75) is 37.3 Å². The van der Waals surface area contributed by atoms with Gasteiger partial charge in [-0.25, -0.2) is 4.79 Å². The first-order chi connectivity index (χ1) is 11.8. The molecule has 1 aromatic heterocycles. The summed E-state index contributed by atoms with van der Waals surface area (Å²) in [5.41, 5.74) is 1.05. The number of hydrogen-bond acceptors (Lipinski definition) is 5. The number of likely N-dealkylation sites (N-methyl/N-ethyl adjacent to an activating group) is 1. The molecular weight excluding hydrogens is 338 g/mol. The van der Waals surface area contributed by atoms with Gasteiger partial charge < -0.3 is 15.0 Å². The second-order valence-electron chi connectivity index (χ2n) is 6.89. The molecule has 2 aromatic rings. The fourth-order valence-electron chi connectivity index (χ4n) is 2.72. The summed E-state index contributed by atoms with van der Waals surface area (Å²) in [6, 6.07) is 7.07. The molecule has 25 heavy (non-hydrogen) atoms. The summed E-state index contributed by atoms with van der Waals surface area (Å²) >= 11 is 1.54. The topological polar surface area (TPSA) is 71.5 Å². The number of amides is 2. The van der Waals surface area contributed by atoms with Crippen LogP contribution >= 0.6 is 11.8 Å². The monoisotopic (exact) mass is 359 g/mol. The molecule has 2 heterocycles. The Morgan fingerprint density at radius 2 is 2.12 bits per heavy atom. The Labute approximate surface area is 150 Å². The fraction of sp³-hybridized carbons (Fsp3) is 0.389. The molecule has 1 N–H and O–H groups in total. The summed E-state index contributed by atoms with van der Waals surface area (Å²) in [6.07, 6.45) is 1.14. The van der Waals surface area contributed by atoms with E-state index in [4.69, 9.17) is 4.74 Å². The summed E-state index contributed by atoms with van der Waals surface area (Å²) < 4.78 is 5.27. The maximum Gasteiger partial charge on any atom is 0.408 e. The highest BCUT2D eigenvalue weighted by Gasteiger charge is 2.32. The summed E-state index contributed by atoms with van der Waals surface area (Å²) in [4.78, 5) is 31.9. The lowest BCUT2D eigenvalue weighted by Crippen LogP contribution is -2.49. The van der Waals surface area contributed by atoms with Gasteiger partial charge in [0.1, 0.15) is 11.6 Å². The molecule has 0 spiro atoms. The number of nitrogens with one attached hydrogen (secondary N) is 1. The summed E-state index contributed by atoms with van der Waals surface area (Å²) in [6.45, 7) is 5.37. The van der Waals surface area contributed by atoms with E-state index in [-0.39, 0.29) is 5.91 Å². The number of carbonyl (C=O) groups is 2. The molecule has 0 saturated heterocycles. The molecule has 3 rings (SSSR count). The van der Waals surface area contributed by atoms with Gasteiger partial charge in [-0.1, -0.05) is 0 Å². The minimum absolute atomic E-state index is 0.173. The van der Waals surface area contributed by atoms with Crippen LogP contribution in [0.5, 0.6) is 0 Å². The van der Waals surface area contributed by atoms with Gasteiger partial charge >= 0.3 is 6.09 Å². The van der Waals surface area contributed by atoms with Crippen molar-refractivity contribution in [3.05, 3.63) is 30.5 Å². The van der Waals surface area contributed by atoms with Gasteiger partial charge in [-0.15, -0.1) is 11.8 Å². The third kappa shape index (κ3) is 3.71. The van der Waals surface area contributed by atoms with E-state index >= 15 is 0 Å². The van der Waals surface area contributed by atoms with E-state index in [1.807, 2.05) is 24.3 Å². The zero-order valence-electron chi connectivity index (χ0n) is 14.7. The van der Waals surface area contributed by atoms with Crippen LogP contribution in [0.3, 0.4) is 0 Å². The van der Waals surface area contributed by atoms with Crippen LogP contribution in [0.4, 0.5) is 10.5 Å². The lowest BCUT2D eigenvalue weighted by molar-refractivity contribution is -0.119. The highest BCUT2D eigenvalue weighted by Crippen LogP contribution is 2.38. The van der Waals surface area contributed by atoms with Crippen LogP contribution in [0.1, 0.15) is 20.8 Å². The number of alkyl carbamates (subject to hydrolysis) is 1. The number of thioether (sulfide) groups is 1. The van der Waals surface area contributed by atoms with Crippen LogP contribution in [-0.4, -0.2) is 41.4 Å². The molecule has 7 heteroatoms. The van der Waals surface area contributed by atoms with Crippen molar-refractivity contribution in [3.8, 4) is 0 Å². The molecule has 2 amide bonds. The zero-order valence-corrected chi connectivity index (χ0v) is 15.5. The van der Waals surface area contributed by atoms with Gasteiger partial charge in [-0.2, -0.15) is 0 Å². The minimum atomic E-state index is -0.649. The molecule has 6 nitrogen and oxygen atoms in total. The predicted octanol–water partition coefficient (Wildman–Crippen LogP) is 3.20. The van der Waals surface area contributed by atoms with Crippen LogP contribution in [0.25, 0.3) is 10.9 Å². The van der Waals surface area contributed by atoms with Crippen molar-refractivity contribution < 1.29 is 14.3 Å². The normalized spacial score (nSPS) is 17.8. The molecule has 0 saturated carbocycles. The van der Waals surface area contributed by atoms with E-state index in [1.165, 1.54) is 11.8 Å². The Kier molecular flexibility index (Phi) is 4.60. The van der Waals surface area contributed by atoms with Crippen molar-refractivity contribution in [1.29, 1.82) is 0 Å². The second kappa shape index (κ2) is 6.55. The smallest absolute Gasteiger partial charge is 0.408 e. The van der Waals surface area contributed by atoms with Crippen molar-refractivity contribution in [2.24, 2.45) is 0 Å². The molecule has 1 aromatic carbocycles. The Hall–Kier alpha value is -2.28. The van der Waals surface area contributed by atoms with E-state index in [2.05, 4.69) is 10.3 Å². The first-order valence-corrected chi connectivity index (χ1v) is 9.02. The first-order valence-electron chi connectivity index (χ1n) is 8.04. The van der Waals surface area contributed by atoms with Gasteiger partial charge in [-0.3, -0.25) is 9.78 Å². The maximum absolute atomic E-state index is 12.9. The lowest BCUT2D eigenvalue weighted by Gasteiger charge is -2.24. The third-order valence-corrected chi connectivity index (χ3v) is 4.92. The number of rotatable bonds is 1. The zero-order chi connectivity index (χ0) is 18.2. The molecular formula is C18H21N3O3S. The summed E-state index contributed by atoms with van der Waals surface area (Å²) in [7, 11) is 1.73. The number of nitrogens with zero attached hydrogens (tertiary/aromatic N) is 2. The van der Waals surface area contributed by atoms with Crippen molar-refractivity contribution in [3.63, 3.8) is 0 Å². The Balaban J connectivity index is 1.89. The Morgan fingerprint density at radius 3 is 2.84 bits per heavy atom. The van der Waals surface area contributed by atoms with Crippen LogP contribution in [0.15, 0.2) is 35.4 Å². The molecule has 0 aliphatic carbocycles. The van der Waals surface area contributed by atoms with Crippen LogP contribution < -0.4 is 10.2 Å². The van der Waals surface area contributed by atoms with E-state index in [9.17, 15) is 9.59 Å². The van der Waals surface area contributed by atoms with Gasteiger partial charge in [0.25, 0.3) is 0 Å². The Bertz CT molecular complexity index is 832. The highest BCUT2D eigenvalue weighted by atomic mass is 32.2. The number of hydrogen-bond donors (Lipinski definition) is 1. The summed E-state index contributed by atoms with van der Waals surface area (Å²) in [5.74, 6) is 0.273. The van der Waals surface area contributed by atoms with Crippen LogP contribution in [0.2, 0.25) is 0 Å². The van der Waals surface area contributed by atoms with Crippen molar-refractivity contribution >= 4 is 40.4 Å². The van der Waals surface area contributed by atoms with Gasteiger partial charge in [-0.05, 0) is 45.0 Å². The summed E-state index contributed by atoms with van der Waals surface area (Å²) in [5, 5.41) is 3.61. The van der Waals surface area contributed by atoms with E-state index < -0.39 is 17.7 Å². The van der Waals surface area contributed by atoms with Crippen molar-refractivity contribution in [1.82, 2.24) is 10.3 Å². The average Bonchev–Trinajstić information content (AvgIpc) is 2.65. The standard InChI is InChI=1S/C18H21N3O3S/c1-18(2,3)24-17(23)20-13-10-25-14-8-7-12-11(6-5-9-19-12)15(14)21(4)16(13)22/h5-9,13H,10H2,1-4H3,(H,20,23). The number of ether oxygens (including phenoxy) is 1. The second-order valence-corrected chi connectivity index (χ2v) is 7.95. The van der Waals surface area contributed by atoms with E-state index in [1.54, 1.807) is 38.9 Å². The molecule has 0 fully saturated rings. The Morgan fingerprint density at radius 1 is 1.36 bits per heavy atom. The molecule has 132 valence electrons. The molecule has 1 aliphatic rings.